The molecule has 3 aromatic rings. The highest BCUT2D eigenvalue weighted by molar-refractivity contribution is 7.89. The van der Waals surface area contributed by atoms with Crippen molar-refractivity contribution in [2.24, 2.45) is 4.99 Å². The average Bonchev–Trinajstić information content (AvgIpc) is 3.11. The Kier molecular flexibility index (Phi) is 9.52. The van der Waals surface area contributed by atoms with Gasteiger partial charge in [0.25, 0.3) is 5.91 Å². The molecule has 224 valence electrons. The number of sulfonamides is 1. The van der Waals surface area contributed by atoms with Crippen molar-refractivity contribution in [3.8, 4) is 11.5 Å². The van der Waals surface area contributed by atoms with E-state index in [1.54, 1.807) is 54.6 Å². The van der Waals surface area contributed by atoms with Crippen LogP contribution in [0.15, 0.2) is 82.7 Å². The Morgan fingerprint density at radius 2 is 1.74 bits per heavy atom. The molecular formula is C29H28N4O9S. The van der Waals surface area contributed by atoms with Crippen LogP contribution < -0.4 is 24.4 Å². The lowest BCUT2D eigenvalue weighted by molar-refractivity contribution is -0.138. The minimum atomic E-state index is -4.49. The van der Waals surface area contributed by atoms with Gasteiger partial charge in [0.05, 0.1) is 38.1 Å². The lowest BCUT2D eigenvalue weighted by Crippen LogP contribution is -2.51. The third kappa shape index (κ3) is 7.05. The second-order valence-electron chi connectivity index (χ2n) is 9.23. The number of nitrogens with one attached hydrogen (secondary N) is 2. The number of carbonyl (C=O) groups excluding carboxylic acids is 3. The Morgan fingerprint density at radius 1 is 1.05 bits per heavy atom. The molecule has 3 N–H and O–H groups in total. The maximum atomic E-state index is 14.0. The molecule has 1 aliphatic heterocycles. The summed E-state index contributed by atoms with van der Waals surface area (Å²) in [5.74, 6) is -2.85. The van der Waals surface area contributed by atoms with Crippen LogP contribution in [0, 0.1) is 0 Å². The van der Waals surface area contributed by atoms with E-state index < -0.39 is 53.0 Å². The van der Waals surface area contributed by atoms with Gasteiger partial charge < -0.3 is 24.7 Å². The van der Waals surface area contributed by atoms with Gasteiger partial charge >= 0.3 is 5.97 Å². The minimum Gasteiger partial charge on any atom is -0.497 e. The SMILES string of the molecule is COc1ccc(OC)c(S(=O)(=O)NC2N=C(c3ccccc3)c3ccccc3N(CC(=O)N[C@H](C=O)CC(=O)O)C2=O)c1. The van der Waals surface area contributed by atoms with Crippen LogP contribution in [0.3, 0.4) is 0 Å². The lowest BCUT2D eigenvalue weighted by atomic mass is 10.0. The van der Waals surface area contributed by atoms with Gasteiger partial charge in [0, 0.05) is 17.2 Å². The number of methoxy groups -OCH3 is 2. The number of hydrogen-bond acceptors (Lipinski definition) is 9. The first-order valence-corrected chi connectivity index (χ1v) is 14.3. The maximum Gasteiger partial charge on any atom is 0.305 e. The predicted molar refractivity (Wildman–Crippen MR) is 155 cm³/mol. The van der Waals surface area contributed by atoms with Crippen LogP contribution in [0.5, 0.6) is 11.5 Å². The molecule has 0 aromatic heterocycles. The fraction of sp³-hybridized carbons (Fsp3) is 0.207. The molecule has 14 heteroatoms. The van der Waals surface area contributed by atoms with Gasteiger partial charge in [-0.2, -0.15) is 4.72 Å². The molecule has 1 unspecified atom stereocenters. The number of aliphatic carboxylic acids is 1. The normalized spacial score (nSPS) is 15.4. The predicted octanol–water partition coefficient (Wildman–Crippen LogP) is 1.35. The van der Waals surface area contributed by atoms with E-state index in [4.69, 9.17) is 14.6 Å². The van der Waals surface area contributed by atoms with Crippen molar-refractivity contribution in [2.45, 2.75) is 23.5 Å². The number of carboxylic acid groups (broad SMARTS) is 1. The van der Waals surface area contributed by atoms with E-state index in [9.17, 15) is 27.6 Å². The molecule has 0 spiro atoms. The van der Waals surface area contributed by atoms with E-state index in [0.29, 0.717) is 11.1 Å². The number of nitrogens with zero attached hydrogens (tertiary/aromatic N) is 2. The highest BCUT2D eigenvalue weighted by Crippen LogP contribution is 2.31. The van der Waals surface area contributed by atoms with E-state index in [2.05, 4.69) is 15.0 Å². The first-order chi connectivity index (χ1) is 20.6. The molecule has 13 nitrogen and oxygen atoms in total. The number of benzene rings is 3. The molecule has 3 aromatic carbocycles. The van der Waals surface area contributed by atoms with Gasteiger partial charge in [-0.05, 0) is 18.2 Å². The topological polar surface area (TPSA) is 181 Å². The van der Waals surface area contributed by atoms with Crippen LogP contribution in [0.4, 0.5) is 5.69 Å². The van der Waals surface area contributed by atoms with Crippen molar-refractivity contribution in [3.63, 3.8) is 0 Å². The summed E-state index contributed by atoms with van der Waals surface area (Å²) in [5.41, 5.74) is 1.51. The minimum absolute atomic E-state index is 0.0144. The first kappa shape index (κ1) is 30.9. The molecule has 2 amide bonds. The number of rotatable bonds is 12. The van der Waals surface area contributed by atoms with Crippen molar-refractivity contribution in [1.29, 1.82) is 0 Å². The van der Waals surface area contributed by atoms with E-state index in [1.807, 2.05) is 0 Å². The Hall–Kier alpha value is -5.08. The van der Waals surface area contributed by atoms with Gasteiger partial charge in [0.2, 0.25) is 15.9 Å². The number of anilines is 1. The zero-order valence-corrected chi connectivity index (χ0v) is 23.9. The molecule has 0 bridgehead atoms. The van der Waals surface area contributed by atoms with Crippen LogP contribution in [0.1, 0.15) is 17.5 Å². The number of fused-ring (bicyclic) bond motifs is 1. The highest BCUT2D eigenvalue weighted by Gasteiger charge is 2.37. The lowest BCUT2D eigenvalue weighted by Gasteiger charge is -2.25. The number of hydrogen-bond donors (Lipinski definition) is 3. The summed E-state index contributed by atoms with van der Waals surface area (Å²) in [6, 6.07) is 18.1. The second-order valence-corrected chi connectivity index (χ2v) is 10.9. The third-order valence-corrected chi connectivity index (χ3v) is 7.82. The van der Waals surface area contributed by atoms with Gasteiger partial charge in [-0.3, -0.25) is 24.3 Å². The van der Waals surface area contributed by atoms with Crippen molar-refractivity contribution in [2.75, 3.05) is 25.7 Å². The molecular weight excluding hydrogens is 580 g/mol. The van der Waals surface area contributed by atoms with Crippen molar-refractivity contribution in [3.05, 3.63) is 83.9 Å². The second kappa shape index (κ2) is 13.3. The van der Waals surface area contributed by atoms with Gasteiger partial charge in [0.1, 0.15) is 29.2 Å². The Balaban J connectivity index is 1.81. The summed E-state index contributed by atoms with van der Waals surface area (Å²) in [5, 5.41) is 11.3. The number of aliphatic imine (C=N–C) groups is 1. The maximum absolute atomic E-state index is 14.0. The van der Waals surface area contributed by atoms with Crippen LogP contribution >= 0.6 is 0 Å². The average molecular weight is 609 g/mol. The monoisotopic (exact) mass is 608 g/mol. The molecule has 4 rings (SSSR count). The van der Waals surface area contributed by atoms with Gasteiger partial charge in [-0.25, -0.2) is 8.42 Å². The number of benzodiazepines with no additional fused rings is 1. The molecule has 1 heterocycles. The number of carbonyl (C=O) groups is 4. The molecule has 0 saturated carbocycles. The zero-order chi connectivity index (χ0) is 31.1. The van der Waals surface area contributed by atoms with E-state index in [0.717, 1.165) is 4.90 Å². The fourth-order valence-electron chi connectivity index (χ4n) is 4.42. The van der Waals surface area contributed by atoms with E-state index in [-0.39, 0.29) is 34.1 Å². The van der Waals surface area contributed by atoms with E-state index in [1.165, 1.54) is 32.4 Å². The molecule has 43 heavy (non-hydrogen) atoms. The van der Waals surface area contributed by atoms with Gasteiger partial charge in [0.15, 0.2) is 6.17 Å². The molecule has 2 atom stereocenters. The van der Waals surface area contributed by atoms with Crippen LogP contribution in [-0.2, 0) is 29.2 Å². The van der Waals surface area contributed by atoms with Crippen molar-refractivity contribution in [1.82, 2.24) is 10.0 Å². The first-order valence-electron chi connectivity index (χ1n) is 12.8. The highest BCUT2D eigenvalue weighted by atomic mass is 32.2. The van der Waals surface area contributed by atoms with Crippen LogP contribution in [0.2, 0.25) is 0 Å². The largest absolute Gasteiger partial charge is 0.497 e. The third-order valence-electron chi connectivity index (χ3n) is 6.39. The summed E-state index contributed by atoms with van der Waals surface area (Å²) in [7, 11) is -1.83. The van der Waals surface area contributed by atoms with E-state index >= 15 is 0 Å². The summed E-state index contributed by atoms with van der Waals surface area (Å²) in [6.45, 7) is -0.669. The standard InChI is InChI=1S/C29H28N4O9S/c1-41-20-12-13-23(42-2)24(15-20)43(39,40)32-28-29(38)33(16-25(35)30-19(17-34)14-26(36)37)22-11-7-6-10-21(22)27(31-28)18-8-4-3-5-9-18/h3-13,15,17,19,28,32H,14,16H2,1-2H3,(H,30,35)(H,36,37)/t19-,28?/m0/s1. The van der Waals surface area contributed by atoms with Crippen LogP contribution in [0.25, 0.3) is 0 Å². The zero-order valence-electron chi connectivity index (χ0n) is 23.1. The fourth-order valence-corrected chi connectivity index (χ4v) is 5.68. The molecule has 0 saturated heterocycles. The van der Waals surface area contributed by atoms with Crippen molar-refractivity contribution >= 4 is 45.5 Å². The number of aldehydes is 1. The number of amides is 2. The quantitative estimate of drug-likeness (QED) is 0.256. The summed E-state index contributed by atoms with van der Waals surface area (Å²) in [6.07, 6.45) is -2.14. The molecule has 0 fully saturated rings. The number of para-hydroxylation sites is 1. The number of ether oxygens (including phenoxy) is 2. The summed E-state index contributed by atoms with van der Waals surface area (Å²) < 4.78 is 40.1. The Bertz CT molecular complexity index is 1680. The van der Waals surface area contributed by atoms with Crippen molar-refractivity contribution < 1.29 is 42.2 Å². The smallest absolute Gasteiger partial charge is 0.305 e. The van der Waals surface area contributed by atoms with Gasteiger partial charge in [-0.15, -0.1) is 0 Å². The molecule has 0 radical (unpaired) electrons. The van der Waals surface area contributed by atoms with Gasteiger partial charge in [-0.1, -0.05) is 48.5 Å². The molecule has 1 aliphatic rings. The summed E-state index contributed by atoms with van der Waals surface area (Å²) in [4.78, 5) is 54.7. The Labute approximate surface area is 247 Å². The Morgan fingerprint density at radius 3 is 2.40 bits per heavy atom. The summed E-state index contributed by atoms with van der Waals surface area (Å²) >= 11 is 0. The van der Waals surface area contributed by atoms with Crippen LogP contribution in [-0.4, -0.2) is 76.3 Å². The molecule has 0 aliphatic carbocycles. The number of carboxylic acids is 1.